The van der Waals surface area contributed by atoms with Gasteiger partial charge in [-0.3, -0.25) is 14.4 Å². The van der Waals surface area contributed by atoms with Crippen molar-refractivity contribution in [3.63, 3.8) is 0 Å². The summed E-state index contributed by atoms with van der Waals surface area (Å²) in [5.74, 6) is 0.236. The lowest BCUT2D eigenvalue weighted by molar-refractivity contribution is -0.114. The highest BCUT2D eigenvalue weighted by Crippen LogP contribution is 2.30. The Hall–Kier alpha value is -3.21. The van der Waals surface area contributed by atoms with Gasteiger partial charge >= 0.3 is 0 Å². The normalized spacial score (nSPS) is 11.3. The molecule has 0 aliphatic heterocycles. The SMILES string of the molecule is Cc1ccc(N(CC(=O)Nc2nnc(SCc3ccccc3)s2)S(=O)(=O)c2ccccc2)c(C)c1. The van der Waals surface area contributed by atoms with Crippen LogP contribution >= 0.6 is 23.1 Å². The molecule has 1 N–H and O–H groups in total. The predicted octanol–water partition coefficient (Wildman–Crippen LogP) is 5.28. The first-order valence-electron chi connectivity index (χ1n) is 10.8. The Labute approximate surface area is 213 Å². The first kappa shape index (κ1) is 24.9. The minimum Gasteiger partial charge on any atom is -0.299 e. The molecule has 3 aromatic carbocycles. The quantitative estimate of drug-likeness (QED) is 0.237. The zero-order valence-corrected chi connectivity index (χ0v) is 21.7. The van der Waals surface area contributed by atoms with Gasteiger partial charge in [0.1, 0.15) is 6.54 Å². The Kier molecular flexibility index (Phi) is 7.84. The molecule has 0 bridgehead atoms. The second-order valence-electron chi connectivity index (χ2n) is 7.81. The third-order valence-corrected chi connectivity index (χ3v) is 8.91. The molecule has 0 aliphatic rings. The van der Waals surface area contributed by atoms with Crippen LogP contribution in [-0.2, 0) is 20.6 Å². The summed E-state index contributed by atoms with van der Waals surface area (Å²) < 4.78 is 28.9. The van der Waals surface area contributed by atoms with Crippen LogP contribution in [0.1, 0.15) is 16.7 Å². The Balaban J connectivity index is 1.51. The van der Waals surface area contributed by atoms with Gasteiger partial charge in [-0.1, -0.05) is 89.3 Å². The maximum atomic E-state index is 13.5. The molecule has 0 fully saturated rings. The molecule has 4 rings (SSSR count). The van der Waals surface area contributed by atoms with Crippen molar-refractivity contribution in [2.24, 2.45) is 0 Å². The third kappa shape index (κ3) is 6.27. The van der Waals surface area contributed by atoms with Gasteiger partial charge in [0.25, 0.3) is 10.0 Å². The van der Waals surface area contributed by atoms with Crippen LogP contribution in [0.25, 0.3) is 0 Å². The van der Waals surface area contributed by atoms with Gasteiger partial charge in [0.2, 0.25) is 11.0 Å². The summed E-state index contributed by atoms with van der Waals surface area (Å²) in [5, 5.41) is 11.2. The maximum Gasteiger partial charge on any atom is 0.264 e. The molecule has 0 spiro atoms. The van der Waals surface area contributed by atoms with Crippen LogP contribution < -0.4 is 9.62 Å². The van der Waals surface area contributed by atoms with Crippen LogP contribution in [-0.4, -0.2) is 31.1 Å². The fourth-order valence-electron chi connectivity index (χ4n) is 3.43. The van der Waals surface area contributed by atoms with E-state index in [2.05, 4.69) is 15.5 Å². The zero-order valence-electron chi connectivity index (χ0n) is 19.2. The van der Waals surface area contributed by atoms with E-state index in [4.69, 9.17) is 0 Å². The number of rotatable bonds is 9. The fraction of sp³-hybridized carbons (Fsp3) is 0.160. The van der Waals surface area contributed by atoms with Gasteiger partial charge < -0.3 is 0 Å². The maximum absolute atomic E-state index is 13.5. The minimum absolute atomic E-state index is 0.114. The average Bonchev–Trinajstić information content (AvgIpc) is 3.30. The lowest BCUT2D eigenvalue weighted by Gasteiger charge is -2.25. The molecular weight excluding hydrogens is 501 g/mol. The molecule has 1 heterocycles. The van der Waals surface area contributed by atoms with Crippen molar-refractivity contribution in [1.82, 2.24) is 10.2 Å². The molecule has 35 heavy (non-hydrogen) atoms. The Morgan fingerprint density at radius 1 is 0.971 bits per heavy atom. The van der Waals surface area contributed by atoms with E-state index in [-0.39, 0.29) is 4.90 Å². The van der Waals surface area contributed by atoms with E-state index in [9.17, 15) is 13.2 Å². The first-order valence-corrected chi connectivity index (χ1v) is 14.0. The molecule has 0 radical (unpaired) electrons. The summed E-state index contributed by atoms with van der Waals surface area (Å²) >= 11 is 2.78. The van der Waals surface area contributed by atoms with Crippen LogP contribution in [0.4, 0.5) is 10.8 Å². The van der Waals surface area contributed by atoms with Crippen molar-refractivity contribution in [2.75, 3.05) is 16.2 Å². The average molecular weight is 525 g/mol. The van der Waals surface area contributed by atoms with Gasteiger partial charge in [-0.25, -0.2) is 8.42 Å². The van der Waals surface area contributed by atoms with Crippen molar-refractivity contribution in [1.29, 1.82) is 0 Å². The van der Waals surface area contributed by atoms with E-state index >= 15 is 0 Å². The lowest BCUT2D eigenvalue weighted by Crippen LogP contribution is -2.38. The summed E-state index contributed by atoms with van der Waals surface area (Å²) in [6, 6.07) is 23.5. The molecule has 0 saturated carbocycles. The topological polar surface area (TPSA) is 92.3 Å². The molecule has 1 amide bonds. The van der Waals surface area contributed by atoms with Crippen molar-refractivity contribution in [3.05, 3.63) is 95.6 Å². The Morgan fingerprint density at radius 3 is 2.34 bits per heavy atom. The molecule has 0 unspecified atom stereocenters. The van der Waals surface area contributed by atoms with Crippen molar-refractivity contribution in [3.8, 4) is 0 Å². The predicted molar refractivity (Wildman–Crippen MR) is 141 cm³/mol. The van der Waals surface area contributed by atoms with Crippen LogP contribution in [0.2, 0.25) is 0 Å². The summed E-state index contributed by atoms with van der Waals surface area (Å²) in [7, 11) is -3.98. The second-order valence-corrected chi connectivity index (χ2v) is 11.9. The van der Waals surface area contributed by atoms with E-state index in [1.54, 1.807) is 24.3 Å². The molecule has 10 heteroatoms. The molecule has 0 aliphatic carbocycles. The number of carbonyl (C=O) groups excluding carboxylic acids is 1. The number of amides is 1. The minimum atomic E-state index is -3.98. The van der Waals surface area contributed by atoms with Gasteiger partial charge in [-0.2, -0.15) is 0 Å². The molecule has 1 aromatic heterocycles. The molecular formula is C25H24N4O3S3. The smallest absolute Gasteiger partial charge is 0.264 e. The number of hydrogen-bond donors (Lipinski definition) is 1. The van der Waals surface area contributed by atoms with Gasteiger partial charge in [-0.05, 0) is 43.2 Å². The Morgan fingerprint density at radius 2 is 1.66 bits per heavy atom. The summed E-state index contributed by atoms with van der Waals surface area (Å²) in [6.07, 6.45) is 0. The largest absolute Gasteiger partial charge is 0.299 e. The van der Waals surface area contributed by atoms with Gasteiger partial charge in [-0.15, -0.1) is 10.2 Å². The van der Waals surface area contributed by atoms with E-state index < -0.39 is 22.5 Å². The van der Waals surface area contributed by atoms with E-state index in [0.29, 0.717) is 15.2 Å². The van der Waals surface area contributed by atoms with Crippen LogP contribution in [0, 0.1) is 13.8 Å². The highest BCUT2D eigenvalue weighted by atomic mass is 32.2. The van der Waals surface area contributed by atoms with Gasteiger partial charge in [0, 0.05) is 5.75 Å². The molecule has 4 aromatic rings. The number of aromatic nitrogens is 2. The molecule has 7 nitrogen and oxygen atoms in total. The molecule has 180 valence electrons. The van der Waals surface area contributed by atoms with Gasteiger partial charge in [0.15, 0.2) is 4.34 Å². The van der Waals surface area contributed by atoms with E-state index in [0.717, 1.165) is 26.7 Å². The van der Waals surface area contributed by atoms with Crippen LogP contribution in [0.5, 0.6) is 0 Å². The first-order chi connectivity index (χ1) is 16.8. The van der Waals surface area contributed by atoms with Gasteiger partial charge in [0.05, 0.1) is 10.6 Å². The number of nitrogens with zero attached hydrogens (tertiary/aromatic N) is 3. The number of anilines is 2. The van der Waals surface area contributed by atoms with Crippen LogP contribution in [0.3, 0.4) is 0 Å². The monoisotopic (exact) mass is 524 g/mol. The van der Waals surface area contributed by atoms with E-state index in [1.165, 1.54) is 35.2 Å². The highest BCUT2D eigenvalue weighted by Gasteiger charge is 2.28. The highest BCUT2D eigenvalue weighted by molar-refractivity contribution is 8.00. The Bertz CT molecular complexity index is 1410. The molecule has 0 saturated heterocycles. The number of hydrogen-bond acceptors (Lipinski definition) is 7. The lowest BCUT2D eigenvalue weighted by atomic mass is 10.1. The number of nitrogens with one attached hydrogen (secondary N) is 1. The number of benzene rings is 3. The summed E-state index contributed by atoms with van der Waals surface area (Å²) in [5.41, 5.74) is 3.37. The number of aryl methyl sites for hydroxylation is 2. The second kappa shape index (κ2) is 11.0. The van der Waals surface area contributed by atoms with Crippen LogP contribution in [0.15, 0.2) is 88.1 Å². The number of carbonyl (C=O) groups is 1. The standard InChI is InChI=1S/C25H24N4O3S3/c1-18-13-14-22(19(2)15-18)29(35(31,32)21-11-7-4-8-12-21)16-23(30)26-24-27-28-25(34-24)33-17-20-9-5-3-6-10-20/h3-15H,16-17H2,1-2H3,(H,26,27,30). The van der Waals surface area contributed by atoms with Crippen molar-refractivity contribution in [2.45, 2.75) is 28.8 Å². The molecule has 0 atom stereocenters. The van der Waals surface area contributed by atoms with Crippen molar-refractivity contribution < 1.29 is 13.2 Å². The van der Waals surface area contributed by atoms with Crippen molar-refractivity contribution >= 4 is 49.8 Å². The summed E-state index contributed by atoms with van der Waals surface area (Å²) in [6.45, 7) is 3.37. The number of sulfonamides is 1. The van der Waals surface area contributed by atoms with E-state index in [1.807, 2.05) is 56.3 Å². The summed E-state index contributed by atoms with van der Waals surface area (Å²) in [4.78, 5) is 13.1. The zero-order chi connectivity index (χ0) is 24.8. The number of thioether (sulfide) groups is 1. The third-order valence-electron chi connectivity index (χ3n) is 5.10. The fourth-order valence-corrected chi connectivity index (χ4v) is 6.66.